The van der Waals surface area contributed by atoms with Gasteiger partial charge in [0.1, 0.15) is 0 Å². The molecule has 3 amide bonds. The minimum atomic E-state index is -0.0217. The van der Waals surface area contributed by atoms with Crippen LogP contribution >= 0.6 is 0 Å². The molecule has 2 aliphatic rings. The van der Waals surface area contributed by atoms with E-state index in [1.165, 1.54) is 5.56 Å². The minimum absolute atomic E-state index is 0.0217. The van der Waals surface area contributed by atoms with E-state index in [0.717, 1.165) is 51.0 Å². The van der Waals surface area contributed by atoms with Gasteiger partial charge in [-0.2, -0.15) is 0 Å². The Morgan fingerprint density at radius 1 is 1.13 bits per heavy atom. The smallest absolute Gasteiger partial charge is 0.321 e. The van der Waals surface area contributed by atoms with Gasteiger partial charge in [-0.05, 0) is 50.2 Å². The zero-order valence-electron chi connectivity index (χ0n) is 13.7. The number of rotatable bonds is 1. The molecular formula is C18H25N3O2. The Morgan fingerprint density at radius 2 is 1.83 bits per heavy atom. The van der Waals surface area contributed by atoms with E-state index in [-0.39, 0.29) is 17.4 Å². The van der Waals surface area contributed by atoms with Crippen molar-refractivity contribution in [3.63, 3.8) is 0 Å². The molecule has 124 valence electrons. The average Bonchev–Trinajstić information content (AvgIpc) is 2.73. The number of nitrogens with zero attached hydrogens (tertiary/aromatic N) is 1. The van der Waals surface area contributed by atoms with E-state index in [0.29, 0.717) is 6.42 Å². The Bertz CT molecular complexity index is 574. The summed E-state index contributed by atoms with van der Waals surface area (Å²) < 4.78 is 0. The van der Waals surface area contributed by atoms with Crippen LogP contribution in [0.1, 0.15) is 37.7 Å². The lowest BCUT2D eigenvalue weighted by atomic mass is 9.73. The quantitative estimate of drug-likeness (QED) is 0.837. The van der Waals surface area contributed by atoms with Crippen LogP contribution in [0.15, 0.2) is 24.3 Å². The first-order valence-electron chi connectivity index (χ1n) is 8.46. The number of carbonyl (C=O) groups excluding carboxylic acids is 2. The number of likely N-dealkylation sites (tertiary alicyclic amines) is 1. The molecule has 2 heterocycles. The van der Waals surface area contributed by atoms with Crippen LogP contribution in [0, 0.1) is 12.3 Å². The summed E-state index contributed by atoms with van der Waals surface area (Å²) in [5, 5.41) is 5.93. The highest BCUT2D eigenvalue weighted by molar-refractivity contribution is 5.89. The summed E-state index contributed by atoms with van der Waals surface area (Å²) in [5.41, 5.74) is 2.25. The molecule has 0 aliphatic carbocycles. The summed E-state index contributed by atoms with van der Waals surface area (Å²) in [5.74, 6) is 0.168. The van der Waals surface area contributed by atoms with E-state index >= 15 is 0 Å². The number of piperidine rings is 1. The molecule has 5 heteroatoms. The Balaban J connectivity index is 1.54. The fourth-order valence-electron chi connectivity index (χ4n) is 3.58. The second-order valence-corrected chi connectivity index (χ2v) is 6.88. The van der Waals surface area contributed by atoms with E-state index in [2.05, 4.69) is 10.6 Å². The van der Waals surface area contributed by atoms with Gasteiger partial charge >= 0.3 is 6.03 Å². The third kappa shape index (κ3) is 3.84. The topological polar surface area (TPSA) is 61.4 Å². The summed E-state index contributed by atoms with van der Waals surface area (Å²) in [6.07, 6.45) is 4.58. The summed E-state index contributed by atoms with van der Waals surface area (Å²) in [7, 11) is 0. The molecule has 0 bridgehead atoms. The van der Waals surface area contributed by atoms with Crippen LogP contribution < -0.4 is 10.6 Å². The summed E-state index contributed by atoms with van der Waals surface area (Å²) in [6, 6.07) is 7.83. The van der Waals surface area contributed by atoms with Gasteiger partial charge < -0.3 is 15.5 Å². The SMILES string of the molecule is Cc1ccc(NC(=O)N2CCC3(CCNC(=O)CC3)CC2)cc1. The van der Waals surface area contributed by atoms with Gasteiger partial charge in [0, 0.05) is 31.7 Å². The van der Waals surface area contributed by atoms with Gasteiger partial charge in [0.05, 0.1) is 0 Å². The number of urea groups is 1. The average molecular weight is 315 g/mol. The van der Waals surface area contributed by atoms with Crippen molar-refractivity contribution in [3.05, 3.63) is 29.8 Å². The number of hydrogen-bond acceptors (Lipinski definition) is 2. The van der Waals surface area contributed by atoms with Crippen LogP contribution in [0.4, 0.5) is 10.5 Å². The second-order valence-electron chi connectivity index (χ2n) is 6.88. The van der Waals surface area contributed by atoms with Crippen LogP contribution in [0.3, 0.4) is 0 Å². The third-order valence-electron chi connectivity index (χ3n) is 5.27. The maximum atomic E-state index is 12.4. The molecule has 2 fully saturated rings. The molecular weight excluding hydrogens is 290 g/mol. The molecule has 2 N–H and O–H groups in total. The molecule has 23 heavy (non-hydrogen) atoms. The highest BCUT2D eigenvalue weighted by Gasteiger charge is 2.37. The second kappa shape index (κ2) is 6.60. The molecule has 3 rings (SSSR count). The van der Waals surface area contributed by atoms with E-state index in [9.17, 15) is 9.59 Å². The highest BCUT2D eigenvalue weighted by Crippen LogP contribution is 2.40. The van der Waals surface area contributed by atoms with Gasteiger partial charge in [0.15, 0.2) is 0 Å². The first kappa shape index (κ1) is 15.8. The number of nitrogens with one attached hydrogen (secondary N) is 2. The van der Waals surface area contributed by atoms with Crippen LogP contribution in [0.25, 0.3) is 0 Å². The normalized spacial score (nSPS) is 20.7. The number of carbonyl (C=O) groups is 2. The predicted octanol–water partition coefficient (Wildman–Crippen LogP) is 2.91. The molecule has 2 aliphatic heterocycles. The number of anilines is 1. The Labute approximate surface area is 137 Å². The van der Waals surface area contributed by atoms with Crippen molar-refractivity contribution in [2.24, 2.45) is 5.41 Å². The van der Waals surface area contributed by atoms with Gasteiger partial charge in [-0.3, -0.25) is 4.79 Å². The van der Waals surface area contributed by atoms with Crippen molar-refractivity contribution in [1.82, 2.24) is 10.2 Å². The first-order valence-corrected chi connectivity index (χ1v) is 8.46. The highest BCUT2D eigenvalue weighted by atomic mass is 16.2. The van der Waals surface area contributed by atoms with Crippen molar-refractivity contribution < 1.29 is 9.59 Å². The predicted molar refractivity (Wildman–Crippen MR) is 90.3 cm³/mol. The van der Waals surface area contributed by atoms with Gasteiger partial charge in [0.25, 0.3) is 0 Å². The van der Waals surface area contributed by atoms with Crippen LogP contribution in [0.2, 0.25) is 0 Å². The fourth-order valence-corrected chi connectivity index (χ4v) is 3.58. The van der Waals surface area contributed by atoms with Crippen molar-refractivity contribution in [2.45, 2.75) is 39.0 Å². The van der Waals surface area contributed by atoms with Crippen LogP contribution in [-0.4, -0.2) is 36.5 Å². The molecule has 0 unspecified atom stereocenters. The maximum absolute atomic E-state index is 12.4. The zero-order valence-corrected chi connectivity index (χ0v) is 13.7. The Morgan fingerprint density at radius 3 is 2.52 bits per heavy atom. The van der Waals surface area contributed by atoms with Crippen molar-refractivity contribution in [1.29, 1.82) is 0 Å². The molecule has 1 aromatic carbocycles. The molecule has 0 atom stereocenters. The molecule has 0 aromatic heterocycles. The van der Waals surface area contributed by atoms with Gasteiger partial charge in [-0.25, -0.2) is 4.79 Å². The largest absolute Gasteiger partial charge is 0.356 e. The van der Waals surface area contributed by atoms with Gasteiger partial charge in [0.2, 0.25) is 5.91 Å². The van der Waals surface area contributed by atoms with Crippen molar-refractivity contribution in [3.8, 4) is 0 Å². The number of aryl methyl sites for hydroxylation is 1. The zero-order chi connectivity index (χ0) is 16.3. The van der Waals surface area contributed by atoms with Crippen LogP contribution in [0.5, 0.6) is 0 Å². The summed E-state index contributed by atoms with van der Waals surface area (Å²) in [6.45, 7) is 4.34. The Hall–Kier alpha value is -2.04. The third-order valence-corrected chi connectivity index (χ3v) is 5.27. The minimum Gasteiger partial charge on any atom is -0.356 e. The van der Waals surface area contributed by atoms with Crippen LogP contribution in [-0.2, 0) is 4.79 Å². The summed E-state index contributed by atoms with van der Waals surface area (Å²) in [4.78, 5) is 25.8. The van der Waals surface area contributed by atoms with Gasteiger partial charge in [-0.15, -0.1) is 0 Å². The lowest BCUT2D eigenvalue weighted by molar-refractivity contribution is -0.121. The first-order chi connectivity index (χ1) is 11.1. The molecule has 2 saturated heterocycles. The standard InChI is InChI=1S/C18H25N3O2/c1-14-2-4-15(5-3-14)20-17(23)21-12-9-18(10-13-21)7-6-16(22)19-11-8-18/h2-5H,6-13H2,1H3,(H,19,22)(H,20,23). The molecule has 0 saturated carbocycles. The number of hydrogen-bond donors (Lipinski definition) is 2. The monoisotopic (exact) mass is 315 g/mol. The summed E-state index contributed by atoms with van der Waals surface area (Å²) >= 11 is 0. The van der Waals surface area contributed by atoms with Crippen molar-refractivity contribution >= 4 is 17.6 Å². The molecule has 1 aromatic rings. The lowest BCUT2D eigenvalue weighted by Gasteiger charge is -2.41. The fraction of sp³-hybridized carbons (Fsp3) is 0.556. The molecule has 0 radical (unpaired) electrons. The van der Waals surface area contributed by atoms with Gasteiger partial charge in [-0.1, -0.05) is 17.7 Å². The van der Waals surface area contributed by atoms with E-state index in [1.807, 2.05) is 36.1 Å². The van der Waals surface area contributed by atoms with Crippen molar-refractivity contribution in [2.75, 3.05) is 25.0 Å². The van der Waals surface area contributed by atoms with E-state index in [1.54, 1.807) is 0 Å². The molecule has 5 nitrogen and oxygen atoms in total. The molecule has 1 spiro atoms. The van der Waals surface area contributed by atoms with E-state index < -0.39 is 0 Å². The number of benzene rings is 1. The number of amides is 3. The van der Waals surface area contributed by atoms with E-state index in [4.69, 9.17) is 0 Å². The lowest BCUT2D eigenvalue weighted by Crippen LogP contribution is -2.45. The maximum Gasteiger partial charge on any atom is 0.321 e. The Kier molecular flexibility index (Phi) is 4.55.